The molecule has 3 N–H and O–H groups in total. The molecule has 10 nitrogen and oxygen atoms in total. The van der Waals surface area contributed by atoms with Gasteiger partial charge in [0.15, 0.2) is 0 Å². The number of sulfonamides is 1. The summed E-state index contributed by atoms with van der Waals surface area (Å²) in [5.74, 6) is -0.929. The number of halogens is 1. The lowest BCUT2D eigenvalue weighted by Crippen LogP contribution is -2.42. The first-order valence-corrected chi connectivity index (χ1v) is 12.4. The van der Waals surface area contributed by atoms with Gasteiger partial charge in [0.25, 0.3) is 10.0 Å². The Balaban J connectivity index is 1.92. The largest absolute Gasteiger partial charge is 0.495 e. The van der Waals surface area contributed by atoms with E-state index < -0.39 is 33.9 Å². The van der Waals surface area contributed by atoms with Crippen LogP contribution >= 0.6 is 0 Å². The number of benzene rings is 3. The Labute approximate surface area is 213 Å². The van der Waals surface area contributed by atoms with Crippen LogP contribution < -0.4 is 19.5 Å². The molecular formula is C25H26FN3O7S. The van der Waals surface area contributed by atoms with Gasteiger partial charge in [0.2, 0.25) is 5.91 Å². The minimum absolute atomic E-state index is 0.0118. The molecule has 0 fully saturated rings. The summed E-state index contributed by atoms with van der Waals surface area (Å²) in [6.45, 7) is 1.41. The average Bonchev–Trinajstić information content (AvgIpc) is 2.87. The first-order valence-electron chi connectivity index (χ1n) is 10.9. The van der Waals surface area contributed by atoms with Crippen molar-refractivity contribution >= 4 is 33.4 Å². The Kier molecular flexibility index (Phi) is 8.23. The molecule has 0 bridgehead atoms. The molecule has 3 aromatic rings. The van der Waals surface area contributed by atoms with E-state index in [9.17, 15) is 22.4 Å². The monoisotopic (exact) mass is 531 g/mol. The third-order valence-electron chi connectivity index (χ3n) is 5.61. The zero-order valence-corrected chi connectivity index (χ0v) is 21.3. The van der Waals surface area contributed by atoms with Crippen LogP contribution in [0.4, 0.5) is 20.6 Å². The zero-order chi connectivity index (χ0) is 27.3. The van der Waals surface area contributed by atoms with Gasteiger partial charge in [-0.2, -0.15) is 0 Å². The number of rotatable bonds is 9. The summed E-state index contributed by atoms with van der Waals surface area (Å²) in [5.41, 5.74) is 0.929. The summed E-state index contributed by atoms with van der Waals surface area (Å²) in [6.07, 6.45) is -1.28. The topological polar surface area (TPSA) is 134 Å². The highest BCUT2D eigenvalue weighted by atomic mass is 32.2. The maximum atomic E-state index is 14.2. The summed E-state index contributed by atoms with van der Waals surface area (Å²) in [7, 11) is -0.333. The molecule has 0 unspecified atom stereocenters. The van der Waals surface area contributed by atoms with Crippen molar-refractivity contribution in [2.75, 3.05) is 31.3 Å². The van der Waals surface area contributed by atoms with Crippen molar-refractivity contribution in [1.29, 1.82) is 0 Å². The number of amides is 2. The van der Waals surface area contributed by atoms with E-state index in [1.165, 1.54) is 70.7 Å². The molecule has 0 aliphatic carbocycles. The van der Waals surface area contributed by atoms with Crippen LogP contribution in [0.25, 0.3) is 11.1 Å². The van der Waals surface area contributed by atoms with Crippen molar-refractivity contribution in [2.24, 2.45) is 0 Å². The van der Waals surface area contributed by atoms with Crippen LogP contribution in [0.1, 0.15) is 6.92 Å². The van der Waals surface area contributed by atoms with Crippen LogP contribution in [0.3, 0.4) is 0 Å². The smallest absolute Gasteiger partial charge is 0.407 e. The number of carbonyl (C=O) groups excluding carboxylic acids is 1. The Morgan fingerprint density at radius 1 is 1.00 bits per heavy atom. The van der Waals surface area contributed by atoms with E-state index in [1.807, 2.05) is 0 Å². The van der Waals surface area contributed by atoms with E-state index in [2.05, 4.69) is 10.0 Å². The van der Waals surface area contributed by atoms with Crippen molar-refractivity contribution in [3.8, 4) is 22.6 Å². The average molecular weight is 532 g/mol. The molecule has 1 atom stereocenters. The Bertz CT molecular complexity index is 1430. The predicted octanol–water partition coefficient (Wildman–Crippen LogP) is 4.25. The molecule has 0 aliphatic heterocycles. The number of methoxy groups -OCH3 is 2. The molecule has 0 aromatic heterocycles. The summed E-state index contributed by atoms with van der Waals surface area (Å²) in [6, 6.07) is 13.5. The van der Waals surface area contributed by atoms with Gasteiger partial charge >= 0.3 is 6.09 Å². The first kappa shape index (κ1) is 27.3. The number of carboxylic acid groups (broad SMARTS) is 1. The third-order valence-corrected chi connectivity index (χ3v) is 7.02. The van der Waals surface area contributed by atoms with Crippen molar-refractivity contribution in [3.63, 3.8) is 0 Å². The van der Waals surface area contributed by atoms with Crippen LogP contribution in [0.5, 0.6) is 11.5 Å². The van der Waals surface area contributed by atoms with Crippen LogP contribution in [0.2, 0.25) is 0 Å². The number of nitrogens with one attached hydrogen (secondary N) is 2. The fourth-order valence-electron chi connectivity index (χ4n) is 3.41. The number of likely N-dealkylation sites (N-methyl/N-ethyl adjacent to an activating group) is 1. The van der Waals surface area contributed by atoms with Crippen LogP contribution in [-0.4, -0.2) is 57.7 Å². The summed E-state index contributed by atoms with van der Waals surface area (Å²) in [5, 5.41) is 11.6. The lowest BCUT2D eigenvalue weighted by Gasteiger charge is -2.21. The Hall–Kier alpha value is -4.32. The molecule has 196 valence electrons. The Morgan fingerprint density at radius 3 is 2.30 bits per heavy atom. The molecule has 2 amide bonds. The molecule has 0 aliphatic rings. The lowest BCUT2D eigenvalue weighted by atomic mass is 10.1. The van der Waals surface area contributed by atoms with E-state index in [0.29, 0.717) is 5.56 Å². The van der Waals surface area contributed by atoms with Crippen LogP contribution in [0, 0.1) is 5.82 Å². The van der Waals surface area contributed by atoms with E-state index >= 15 is 0 Å². The molecular weight excluding hydrogens is 505 g/mol. The van der Waals surface area contributed by atoms with E-state index in [4.69, 9.17) is 14.6 Å². The summed E-state index contributed by atoms with van der Waals surface area (Å²) >= 11 is 0. The van der Waals surface area contributed by atoms with E-state index in [0.717, 1.165) is 4.90 Å². The quantitative estimate of drug-likeness (QED) is 0.376. The highest BCUT2D eigenvalue weighted by Gasteiger charge is 2.24. The minimum Gasteiger partial charge on any atom is -0.495 e. The summed E-state index contributed by atoms with van der Waals surface area (Å²) in [4.78, 5) is 24.2. The zero-order valence-electron chi connectivity index (χ0n) is 20.5. The maximum absolute atomic E-state index is 14.2. The minimum atomic E-state index is -4.23. The number of anilines is 2. The first-order chi connectivity index (χ1) is 17.5. The van der Waals surface area contributed by atoms with Gasteiger partial charge in [0.05, 0.1) is 19.9 Å². The third kappa shape index (κ3) is 6.09. The van der Waals surface area contributed by atoms with Crippen molar-refractivity contribution < 1.29 is 37.0 Å². The molecule has 37 heavy (non-hydrogen) atoms. The van der Waals surface area contributed by atoms with E-state index in [-0.39, 0.29) is 33.3 Å². The molecule has 0 saturated carbocycles. The number of carbonyl (C=O) groups is 2. The molecule has 0 heterocycles. The maximum Gasteiger partial charge on any atom is 0.407 e. The van der Waals surface area contributed by atoms with Gasteiger partial charge in [0.1, 0.15) is 28.3 Å². The van der Waals surface area contributed by atoms with Crippen LogP contribution in [-0.2, 0) is 14.8 Å². The number of ether oxygens (including phenoxy) is 2. The van der Waals surface area contributed by atoms with Gasteiger partial charge in [-0.3, -0.25) is 14.4 Å². The fourth-order valence-corrected chi connectivity index (χ4v) is 4.62. The molecule has 0 spiro atoms. The second-order valence-corrected chi connectivity index (χ2v) is 9.58. The SMILES string of the molecule is COc1ccc(NC(=O)[C@H](C)N(C)C(=O)O)cc1NS(=O)(=O)c1ccc(-c2ccccc2F)cc1OC. The van der Waals surface area contributed by atoms with Gasteiger partial charge in [-0.15, -0.1) is 0 Å². The molecule has 3 aromatic carbocycles. The normalized spacial score (nSPS) is 11.8. The van der Waals surface area contributed by atoms with Crippen molar-refractivity contribution in [1.82, 2.24) is 4.90 Å². The molecule has 12 heteroatoms. The van der Waals surface area contributed by atoms with Crippen LogP contribution in [0.15, 0.2) is 65.6 Å². The second-order valence-electron chi connectivity index (χ2n) is 7.92. The highest BCUT2D eigenvalue weighted by molar-refractivity contribution is 7.92. The van der Waals surface area contributed by atoms with Crippen molar-refractivity contribution in [2.45, 2.75) is 17.9 Å². The fraction of sp³-hybridized carbons (Fsp3) is 0.200. The van der Waals surface area contributed by atoms with Gasteiger partial charge < -0.3 is 19.9 Å². The van der Waals surface area contributed by atoms with E-state index in [1.54, 1.807) is 18.2 Å². The molecule has 3 rings (SSSR count). The predicted molar refractivity (Wildman–Crippen MR) is 136 cm³/mol. The van der Waals surface area contributed by atoms with Gasteiger partial charge in [-0.1, -0.05) is 24.3 Å². The van der Waals surface area contributed by atoms with Gasteiger partial charge in [-0.05, 0) is 48.9 Å². The summed E-state index contributed by atoms with van der Waals surface area (Å²) < 4.78 is 53.8. The Morgan fingerprint density at radius 2 is 1.68 bits per heavy atom. The number of hydrogen-bond acceptors (Lipinski definition) is 6. The standard InChI is InChI=1S/C25H26FN3O7S/c1-15(29(2)25(31)32)24(30)27-17-10-11-21(35-3)20(14-17)28-37(33,34)23-12-9-16(13-22(23)36-4)18-7-5-6-8-19(18)26/h5-15,28H,1-4H3,(H,27,30)(H,31,32)/t15-/m0/s1. The van der Waals surface area contributed by atoms with Crippen molar-refractivity contribution in [3.05, 3.63) is 66.5 Å². The molecule has 0 saturated heterocycles. The lowest BCUT2D eigenvalue weighted by molar-refractivity contribution is -0.119. The van der Waals surface area contributed by atoms with Gasteiger partial charge in [-0.25, -0.2) is 17.6 Å². The highest BCUT2D eigenvalue weighted by Crippen LogP contribution is 2.35. The number of hydrogen-bond donors (Lipinski definition) is 3. The second kappa shape index (κ2) is 11.2. The van der Waals surface area contributed by atoms with Gasteiger partial charge in [0, 0.05) is 18.3 Å². The molecule has 0 radical (unpaired) electrons. The number of nitrogens with zero attached hydrogens (tertiary/aromatic N) is 1.